The van der Waals surface area contributed by atoms with E-state index in [1.165, 1.54) is 6.42 Å². The molecule has 0 radical (unpaired) electrons. The highest BCUT2D eigenvalue weighted by atomic mass is 32.2. The molecule has 1 aliphatic rings. The second-order valence-corrected chi connectivity index (χ2v) is 8.63. The van der Waals surface area contributed by atoms with Gasteiger partial charge in [0, 0.05) is 17.0 Å². The summed E-state index contributed by atoms with van der Waals surface area (Å²) in [7, 11) is -3.28. The molecule has 0 amide bonds. The Morgan fingerprint density at radius 1 is 1.50 bits per heavy atom. The Kier molecular flexibility index (Phi) is 5.23. The topological polar surface area (TPSA) is 72.2 Å². The first-order chi connectivity index (χ1) is 9.47. The first kappa shape index (κ1) is 15.9. The first-order valence-corrected chi connectivity index (χ1v) is 9.75. The number of sulfonamides is 1. The van der Waals surface area contributed by atoms with Crippen LogP contribution in [0.25, 0.3) is 0 Å². The zero-order chi connectivity index (χ0) is 14.6. The minimum Gasteiger partial charge on any atom is -0.329 e. The highest BCUT2D eigenvalue weighted by molar-refractivity contribution is 7.89. The van der Waals surface area contributed by atoms with E-state index in [2.05, 4.69) is 11.6 Å². The second kappa shape index (κ2) is 6.56. The lowest BCUT2D eigenvalue weighted by molar-refractivity contribution is 0.191. The van der Waals surface area contributed by atoms with Gasteiger partial charge in [-0.15, -0.1) is 11.3 Å². The predicted molar refractivity (Wildman–Crippen MR) is 84.4 cm³/mol. The first-order valence-electron chi connectivity index (χ1n) is 7.21. The summed E-state index contributed by atoms with van der Waals surface area (Å²) in [5.74, 6) is 0.444. The molecular formula is C14H24N2O2S2. The third kappa shape index (κ3) is 3.81. The number of nitrogens with one attached hydrogen (secondary N) is 1. The van der Waals surface area contributed by atoms with Crippen molar-refractivity contribution in [1.29, 1.82) is 0 Å². The molecule has 20 heavy (non-hydrogen) atoms. The van der Waals surface area contributed by atoms with Crippen LogP contribution < -0.4 is 10.5 Å². The van der Waals surface area contributed by atoms with Gasteiger partial charge in [0.2, 0.25) is 10.0 Å². The van der Waals surface area contributed by atoms with Gasteiger partial charge in [0.15, 0.2) is 0 Å². The standard InChI is InChI=1S/C14H24N2O2S2/c1-12-5-2-3-8-14(12,11-15)16-20(17,18)10-7-13-6-4-9-19-13/h4,6,9,12,16H,2-3,5,7-8,10-11,15H2,1H3. The average Bonchev–Trinajstić information content (AvgIpc) is 2.92. The molecule has 0 aromatic carbocycles. The van der Waals surface area contributed by atoms with Gasteiger partial charge in [0.05, 0.1) is 5.75 Å². The van der Waals surface area contributed by atoms with Crippen molar-refractivity contribution in [2.45, 2.75) is 44.6 Å². The third-order valence-electron chi connectivity index (χ3n) is 4.37. The van der Waals surface area contributed by atoms with Gasteiger partial charge in [0.25, 0.3) is 0 Å². The summed E-state index contributed by atoms with van der Waals surface area (Å²) in [6.45, 7) is 2.49. The van der Waals surface area contributed by atoms with Gasteiger partial charge in [0.1, 0.15) is 0 Å². The molecule has 1 aliphatic carbocycles. The van der Waals surface area contributed by atoms with Crippen LogP contribution in [0.15, 0.2) is 17.5 Å². The minimum atomic E-state index is -3.28. The van der Waals surface area contributed by atoms with E-state index in [-0.39, 0.29) is 5.75 Å². The molecule has 1 fully saturated rings. The number of nitrogens with two attached hydrogens (primary N) is 1. The Hall–Kier alpha value is -0.430. The van der Waals surface area contributed by atoms with Gasteiger partial charge < -0.3 is 5.73 Å². The van der Waals surface area contributed by atoms with Crippen LogP contribution in [-0.2, 0) is 16.4 Å². The average molecular weight is 316 g/mol. The lowest BCUT2D eigenvalue weighted by atomic mass is 9.74. The normalized spacial score (nSPS) is 27.6. The maximum absolute atomic E-state index is 12.3. The maximum atomic E-state index is 12.3. The lowest BCUT2D eigenvalue weighted by Crippen LogP contribution is -2.59. The number of hydrogen-bond donors (Lipinski definition) is 2. The fraction of sp³-hybridized carbons (Fsp3) is 0.714. The molecule has 0 aliphatic heterocycles. The van der Waals surface area contributed by atoms with E-state index in [0.29, 0.717) is 18.9 Å². The summed E-state index contributed by atoms with van der Waals surface area (Å²) in [6, 6.07) is 3.92. The van der Waals surface area contributed by atoms with Crippen LogP contribution in [0.4, 0.5) is 0 Å². The lowest BCUT2D eigenvalue weighted by Gasteiger charge is -2.42. The summed E-state index contributed by atoms with van der Waals surface area (Å²) in [4.78, 5) is 1.11. The maximum Gasteiger partial charge on any atom is 0.212 e. The Morgan fingerprint density at radius 3 is 2.90 bits per heavy atom. The van der Waals surface area contributed by atoms with Crippen molar-refractivity contribution >= 4 is 21.4 Å². The van der Waals surface area contributed by atoms with Crippen LogP contribution in [0.1, 0.15) is 37.5 Å². The summed E-state index contributed by atoms with van der Waals surface area (Å²) in [5, 5.41) is 1.97. The molecule has 114 valence electrons. The number of rotatable bonds is 6. The Bertz CT molecular complexity index is 513. The molecule has 1 aromatic rings. The molecular weight excluding hydrogens is 292 g/mol. The van der Waals surface area contributed by atoms with Crippen molar-refractivity contribution in [2.75, 3.05) is 12.3 Å². The van der Waals surface area contributed by atoms with Gasteiger partial charge in [-0.1, -0.05) is 25.8 Å². The van der Waals surface area contributed by atoms with Crippen LogP contribution in [0.3, 0.4) is 0 Å². The molecule has 1 aromatic heterocycles. The molecule has 0 bridgehead atoms. The summed E-state index contributed by atoms with van der Waals surface area (Å²) in [5.41, 5.74) is 5.46. The van der Waals surface area contributed by atoms with E-state index in [1.54, 1.807) is 11.3 Å². The van der Waals surface area contributed by atoms with Crippen LogP contribution in [0.5, 0.6) is 0 Å². The van der Waals surface area contributed by atoms with Crippen LogP contribution in [0.2, 0.25) is 0 Å². The van der Waals surface area contributed by atoms with Crippen molar-refractivity contribution in [1.82, 2.24) is 4.72 Å². The van der Waals surface area contributed by atoms with Crippen LogP contribution in [-0.4, -0.2) is 26.3 Å². The molecule has 0 saturated heterocycles. The third-order valence-corrected chi connectivity index (χ3v) is 6.77. The van der Waals surface area contributed by atoms with Crippen LogP contribution in [0, 0.1) is 5.92 Å². The van der Waals surface area contributed by atoms with Crippen molar-refractivity contribution < 1.29 is 8.42 Å². The largest absolute Gasteiger partial charge is 0.329 e. The van der Waals surface area contributed by atoms with E-state index in [9.17, 15) is 8.42 Å². The molecule has 1 saturated carbocycles. The van der Waals surface area contributed by atoms with E-state index >= 15 is 0 Å². The fourth-order valence-corrected chi connectivity index (χ4v) is 5.40. The SMILES string of the molecule is CC1CCCCC1(CN)NS(=O)(=O)CCc1cccs1. The van der Waals surface area contributed by atoms with E-state index < -0.39 is 15.6 Å². The number of thiophene rings is 1. The van der Waals surface area contributed by atoms with Gasteiger partial charge in [-0.2, -0.15) is 0 Å². The summed E-state index contributed by atoms with van der Waals surface area (Å²) in [6.07, 6.45) is 4.68. The monoisotopic (exact) mass is 316 g/mol. The Labute approximate surface area is 125 Å². The van der Waals surface area contributed by atoms with Crippen molar-refractivity contribution in [3.05, 3.63) is 22.4 Å². The fourth-order valence-electron chi connectivity index (χ4n) is 2.96. The van der Waals surface area contributed by atoms with Crippen molar-refractivity contribution in [2.24, 2.45) is 11.7 Å². The molecule has 6 heteroatoms. The van der Waals surface area contributed by atoms with Gasteiger partial charge in [-0.05, 0) is 36.6 Å². The van der Waals surface area contributed by atoms with Crippen LogP contribution >= 0.6 is 11.3 Å². The van der Waals surface area contributed by atoms with Gasteiger partial charge >= 0.3 is 0 Å². The molecule has 0 spiro atoms. The smallest absolute Gasteiger partial charge is 0.212 e. The minimum absolute atomic E-state index is 0.141. The molecule has 4 nitrogen and oxygen atoms in total. The predicted octanol–water partition coefficient (Wildman–Crippen LogP) is 2.12. The molecule has 3 N–H and O–H groups in total. The van der Waals surface area contributed by atoms with Crippen molar-refractivity contribution in [3.8, 4) is 0 Å². The van der Waals surface area contributed by atoms with E-state index in [4.69, 9.17) is 5.73 Å². The highest BCUT2D eigenvalue weighted by Crippen LogP contribution is 2.33. The molecule has 1 heterocycles. The van der Waals surface area contributed by atoms with Gasteiger partial charge in [-0.3, -0.25) is 0 Å². The summed E-state index contributed by atoms with van der Waals surface area (Å²) >= 11 is 1.60. The highest BCUT2D eigenvalue weighted by Gasteiger charge is 2.39. The van der Waals surface area contributed by atoms with Gasteiger partial charge in [-0.25, -0.2) is 13.1 Å². The zero-order valence-electron chi connectivity index (χ0n) is 12.0. The Morgan fingerprint density at radius 2 is 2.30 bits per heavy atom. The summed E-state index contributed by atoms with van der Waals surface area (Å²) < 4.78 is 27.6. The second-order valence-electron chi connectivity index (χ2n) is 5.76. The zero-order valence-corrected chi connectivity index (χ0v) is 13.6. The Balaban J connectivity index is 2.01. The number of hydrogen-bond acceptors (Lipinski definition) is 4. The van der Waals surface area contributed by atoms with E-state index in [1.807, 2.05) is 17.5 Å². The quantitative estimate of drug-likeness (QED) is 0.844. The molecule has 2 atom stereocenters. The van der Waals surface area contributed by atoms with E-state index in [0.717, 1.165) is 24.1 Å². The number of aryl methyl sites for hydroxylation is 1. The molecule has 2 rings (SSSR count). The molecule has 2 unspecified atom stereocenters. The van der Waals surface area contributed by atoms with Crippen molar-refractivity contribution in [3.63, 3.8) is 0 Å².